The number of carbonyl (C=O) groups is 1. The van der Waals surface area contributed by atoms with Crippen LogP contribution < -0.4 is 5.73 Å². The Labute approximate surface area is 120 Å². The van der Waals surface area contributed by atoms with Crippen molar-refractivity contribution in [3.05, 3.63) is 20.8 Å². The third-order valence-corrected chi connectivity index (χ3v) is 5.13. The summed E-state index contributed by atoms with van der Waals surface area (Å²) in [7, 11) is 0. The van der Waals surface area contributed by atoms with Crippen LogP contribution in [0.25, 0.3) is 0 Å². The molecule has 1 saturated heterocycles. The van der Waals surface area contributed by atoms with Gasteiger partial charge in [0, 0.05) is 24.0 Å². The van der Waals surface area contributed by atoms with E-state index in [0.717, 1.165) is 34.6 Å². The molecule has 1 amide bonds. The van der Waals surface area contributed by atoms with Gasteiger partial charge in [0.25, 0.3) is 0 Å². The highest BCUT2D eigenvalue weighted by Crippen LogP contribution is 2.24. The number of thiophene rings is 1. The van der Waals surface area contributed by atoms with Crippen LogP contribution in [-0.4, -0.2) is 29.9 Å². The van der Waals surface area contributed by atoms with E-state index in [-0.39, 0.29) is 11.9 Å². The summed E-state index contributed by atoms with van der Waals surface area (Å²) in [5, 5.41) is 0. The van der Waals surface area contributed by atoms with Crippen molar-refractivity contribution in [1.82, 2.24) is 4.90 Å². The first-order valence-corrected chi connectivity index (χ1v) is 7.95. The number of carbonyl (C=O) groups excluding carboxylic acids is 1. The number of likely N-dealkylation sites (tertiary alicyclic amines) is 1. The zero-order valence-corrected chi connectivity index (χ0v) is 13.0. The normalized spacial score (nSPS) is 21.9. The molecule has 2 atom stereocenters. The highest BCUT2D eigenvalue weighted by molar-refractivity contribution is 9.11. The van der Waals surface area contributed by atoms with Crippen molar-refractivity contribution < 1.29 is 4.79 Å². The molecule has 2 rings (SSSR count). The second kappa shape index (κ2) is 6.17. The molecule has 0 aromatic carbocycles. The maximum absolute atomic E-state index is 12.2. The molecule has 1 aromatic heterocycles. The summed E-state index contributed by atoms with van der Waals surface area (Å²) in [6.45, 7) is 3.74. The molecule has 2 N–H and O–H groups in total. The predicted molar refractivity (Wildman–Crippen MR) is 78.7 cm³/mol. The number of halogens is 1. The summed E-state index contributed by atoms with van der Waals surface area (Å²) >= 11 is 5.06. The standard InChI is InChI=1S/C13H19BrN2OS/c1-9(15)10-3-2-6-16(8-10)13(17)7-11-4-5-12(14)18-11/h4-5,9-10H,2-3,6-8,15H2,1H3/t9-,10-/m1/s1. The van der Waals surface area contributed by atoms with E-state index in [2.05, 4.69) is 15.9 Å². The molecule has 3 nitrogen and oxygen atoms in total. The monoisotopic (exact) mass is 330 g/mol. The van der Waals surface area contributed by atoms with Crippen LogP contribution in [0.1, 0.15) is 24.6 Å². The second-order valence-corrected chi connectivity index (χ2v) is 7.53. The Kier molecular flexibility index (Phi) is 4.81. The highest BCUT2D eigenvalue weighted by Gasteiger charge is 2.25. The number of hydrogen-bond donors (Lipinski definition) is 1. The van der Waals surface area contributed by atoms with Crippen LogP contribution in [0.5, 0.6) is 0 Å². The van der Waals surface area contributed by atoms with Crippen molar-refractivity contribution in [1.29, 1.82) is 0 Å². The van der Waals surface area contributed by atoms with Crippen LogP contribution in [0.2, 0.25) is 0 Å². The van der Waals surface area contributed by atoms with Crippen molar-refractivity contribution in [3.63, 3.8) is 0 Å². The lowest BCUT2D eigenvalue weighted by Crippen LogP contribution is -2.45. The number of amides is 1. The molecule has 2 heterocycles. The quantitative estimate of drug-likeness (QED) is 0.926. The van der Waals surface area contributed by atoms with Gasteiger partial charge < -0.3 is 10.6 Å². The first-order chi connectivity index (χ1) is 8.56. The Morgan fingerprint density at radius 1 is 1.67 bits per heavy atom. The molecule has 5 heteroatoms. The zero-order valence-electron chi connectivity index (χ0n) is 10.6. The molecule has 1 aliphatic rings. The van der Waals surface area contributed by atoms with E-state index in [1.165, 1.54) is 0 Å². The summed E-state index contributed by atoms with van der Waals surface area (Å²) in [6.07, 6.45) is 2.74. The Hall–Kier alpha value is -0.390. The fourth-order valence-corrected chi connectivity index (χ4v) is 3.85. The van der Waals surface area contributed by atoms with E-state index in [0.29, 0.717) is 12.3 Å². The Balaban J connectivity index is 1.92. The third kappa shape index (κ3) is 3.56. The molecule has 1 fully saturated rings. The molecule has 0 bridgehead atoms. The van der Waals surface area contributed by atoms with Crippen molar-refractivity contribution in [2.45, 2.75) is 32.2 Å². The molecular formula is C13H19BrN2OS. The summed E-state index contributed by atoms with van der Waals surface area (Å²) < 4.78 is 1.08. The largest absolute Gasteiger partial charge is 0.342 e. The minimum atomic E-state index is 0.177. The van der Waals surface area contributed by atoms with Crippen LogP contribution in [0, 0.1) is 5.92 Å². The molecule has 0 spiro atoms. The van der Waals surface area contributed by atoms with Crippen molar-refractivity contribution in [2.75, 3.05) is 13.1 Å². The smallest absolute Gasteiger partial charge is 0.227 e. The van der Waals surface area contributed by atoms with Gasteiger partial charge in [0.15, 0.2) is 0 Å². The van der Waals surface area contributed by atoms with Gasteiger partial charge in [-0.25, -0.2) is 0 Å². The summed E-state index contributed by atoms with van der Waals surface area (Å²) in [4.78, 5) is 15.3. The first kappa shape index (κ1) is 14.0. The van der Waals surface area contributed by atoms with Gasteiger partial charge in [0.2, 0.25) is 5.91 Å². The summed E-state index contributed by atoms with van der Waals surface area (Å²) in [5.74, 6) is 0.687. The SMILES string of the molecule is C[C@@H](N)[C@@H]1CCCN(C(=O)Cc2ccc(Br)s2)C1. The lowest BCUT2D eigenvalue weighted by Gasteiger charge is -2.34. The molecule has 1 aromatic rings. The fourth-order valence-electron chi connectivity index (χ4n) is 2.37. The average Bonchev–Trinajstić information content (AvgIpc) is 2.75. The molecule has 18 heavy (non-hydrogen) atoms. The molecule has 0 unspecified atom stereocenters. The summed E-state index contributed by atoms with van der Waals surface area (Å²) in [6, 6.07) is 4.19. The van der Waals surface area contributed by atoms with Gasteiger partial charge in [-0.3, -0.25) is 4.79 Å². The number of piperidine rings is 1. The molecular weight excluding hydrogens is 312 g/mol. The molecule has 0 radical (unpaired) electrons. The van der Waals surface area contributed by atoms with Crippen LogP contribution >= 0.6 is 27.3 Å². The van der Waals surface area contributed by atoms with Gasteiger partial charge in [-0.2, -0.15) is 0 Å². The minimum Gasteiger partial charge on any atom is -0.342 e. The number of hydrogen-bond acceptors (Lipinski definition) is 3. The van der Waals surface area contributed by atoms with Gasteiger partial charge in [-0.05, 0) is 53.7 Å². The lowest BCUT2D eigenvalue weighted by atomic mass is 9.92. The van der Waals surface area contributed by atoms with E-state index in [9.17, 15) is 4.79 Å². The zero-order chi connectivity index (χ0) is 13.1. The fraction of sp³-hybridized carbons (Fsp3) is 0.615. The van der Waals surface area contributed by atoms with E-state index < -0.39 is 0 Å². The van der Waals surface area contributed by atoms with Crippen LogP contribution in [0.15, 0.2) is 15.9 Å². The van der Waals surface area contributed by atoms with Crippen molar-refractivity contribution >= 4 is 33.2 Å². The lowest BCUT2D eigenvalue weighted by molar-refractivity contribution is -0.132. The molecule has 0 aliphatic carbocycles. The van der Waals surface area contributed by atoms with E-state index in [1.54, 1.807) is 11.3 Å². The van der Waals surface area contributed by atoms with Gasteiger partial charge in [-0.1, -0.05) is 0 Å². The number of rotatable bonds is 3. The first-order valence-electron chi connectivity index (χ1n) is 6.34. The Morgan fingerprint density at radius 3 is 3.06 bits per heavy atom. The van der Waals surface area contributed by atoms with Gasteiger partial charge in [0.1, 0.15) is 0 Å². The number of nitrogens with two attached hydrogens (primary N) is 1. The average molecular weight is 331 g/mol. The van der Waals surface area contributed by atoms with Gasteiger partial charge >= 0.3 is 0 Å². The van der Waals surface area contributed by atoms with Crippen LogP contribution in [0.4, 0.5) is 0 Å². The Morgan fingerprint density at radius 2 is 2.44 bits per heavy atom. The maximum Gasteiger partial charge on any atom is 0.227 e. The van der Waals surface area contributed by atoms with E-state index in [4.69, 9.17) is 5.73 Å². The highest BCUT2D eigenvalue weighted by atomic mass is 79.9. The minimum absolute atomic E-state index is 0.177. The van der Waals surface area contributed by atoms with E-state index >= 15 is 0 Å². The van der Waals surface area contributed by atoms with Gasteiger partial charge in [-0.15, -0.1) is 11.3 Å². The topological polar surface area (TPSA) is 46.3 Å². The van der Waals surface area contributed by atoms with Crippen LogP contribution in [-0.2, 0) is 11.2 Å². The van der Waals surface area contributed by atoms with E-state index in [1.807, 2.05) is 24.0 Å². The predicted octanol–water partition coefficient (Wildman–Crippen LogP) is 2.64. The molecule has 0 saturated carbocycles. The maximum atomic E-state index is 12.2. The molecule has 100 valence electrons. The Bertz CT molecular complexity index is 419. The second-order valence-electron chi connectivity index (χ2n) is 4.98. The van der Waals surface area contributed by atoms with Gasteiger partial charge in [0.05, 0.1) is 10.2 Å². The van der Waals surface area contributed by atoms with Crippen molar-refractivity contribution in [2.24, 2.45) is 11.7 Å². The number of nitrogens with zero attached hydrogens (tertiary/aromatic N) is 1. The third-order valence-electron chi connectivity index (χ3n) is 3.51. The van der Waals surface area contributed by atoms with Crippen molar-refractivity contribution in [3.8, 4) is 0 Å². The summed E-state index contributed by atoms with van der Waals surface area (Å²) in [5.41, 5.74) is 5.94. The molecule has 1 aliphatic heterocycles. The van der Waals surface area contributed by atoms with Crippen LogP contribution in [0.3, 0.4) is 0 Å².